The maximum Gasteiger partial charge on any atom is 0.335 e. The highest BCUT2D eigenvalue weighted by atomic mass is 16.4. The molecule has 6 heteroatoms. The second-order valence-electron chi connectivity index (χ2n) is 5.09. The van der Waals surface area contributed by atoms with Crippen LogP contribution in [0.2, 0.25) is 0 Å². The lowest BCUT2D eigenvalue weighted by atomic mass is 10.1. The minimum atomic E-state index is -0.978. The summed E-state index contributed by atoms with van der Waals surface area (Å²) < 4.78 is 0. The smallest absolute Gasteiger partial charge is 0.335 e. The summed E-state index contributed by atoms with van der Waals surface area (Å²) in [4.78, 5) is 35.9. The first-order chi connectivity index (χ1) is 9.99. The topological polar surface area (TPSA) is 86.7 Å². The molecule has 21 heavy (non-hydrogen) atoms. The number of rotatable bonds is 4. The Balaban J connectivity index is 1.91. The fraction of sp³-hybridized carbons (Fsp3) is 0.400. The van der Waals surface area contributed by atoms with Gasteiger partial charge in [0.15, 0.2) is 0 Å². The Morgan fingerprint density at radius 3 is 2.52 bits per heavy atom. The summed E-state index contributed by atoms with van der Waals surface area (Å²) in [5.41, 5.74) is 1.03. The van der Waals surface area contributed by atoms with Crippen molar-refractivity contribution >= 4 is 17.8 Å². The number of hydrogen-bond donors (Lipinski definition) is 2. The number of benzene rings is 1. The standard InChI is InChI=1S/C15H18N2O4/c1-10(18)17-8-2-3-13(17)14(19)16-9-11-4-6-12(7-5-11)15(20)21/h4-7,13H,2-3,8-9H2,1H3,(H,16,19)(H,20,21)/t13-/m0/s1. The number of hydrogen-bond acceptors (Lipinski definition) is 3. The van der Waals surface area contributed by atoms with Gasteiger partial charge in [-0.1, -0.05) is 12.1 Å². The van der Waals surface area contributed by atoms with Gasteiger partial charge in [-0.15, -0.1) is 0 Å². The van der Waals surface area contributed by atoms with Crippen LogP contribution in [0.3, 0.4) is 0 Å². The van der Waals surface area contributed by atoms with E-state index in [1.54, 1.807) is 17.0 Å². The van der Waals surface area contributed by atoms with Crippen molar-refractivity contribution in [1.29, 1.82) is 0 Å². The quantitative estimate of drug-likeness (QED) is 0.866. The summed E-state index contributed by atoms with van der Waals surface area (Å²) >= 11 is 0. The van der Waals surface area contributed by atoms with Crippen molar-refractivity contribution in [3.63, 3.8) is 0 Å². The van der Waals surface area contributed by atoms with E-state index in [1.165, 1.54) is 19.1 Å². The third-order valence-electron chi connectivity index (χ3n) is 3.63. The fourth-order valence-electron chi connectivity index (χ4n) is 2.49. The lowest BCUT2D eigenvalue weighted by molar-refractivity contribution is -0.136. The van der Waals surface area contributed by atoms with E-state index in [-0.39, 0.29) is 23.4 Å². The van der Waals surface area contributed by atoms with E-state index in [0.717, 1.165) is 12.0 Å². The number of carboxylic acid groups (broad SMARTS) is 1. The summed E-state index contributed by atoms with van der Waals surface area (Å²) in [5, 5.41) is 11.6. The van der Waals surface area contributed by atoms with Gasteiger partial charge in [-0.05, 0) is 30.5 Å². The Morgan fingerprint density at radius 2 is 1.95 bits per heavy atom. The van der Waals surface area contributed by atoms with Crippen LogP contribution in [0.4, 0.5) is 0 Å². The first kappa shape index (κ1) is 15.0. The Bertz CT molecular complexity index is 553. The summed E-state index contributed by atoms with van der Waals surface area (Å²) in [6.07, 6.45) is 1.52. The Labute approximate surface area is 122 Å². The molecule has 1 heterocycles. The normalized spacial score (nSPS) is 17.6. The van der Waals surface area contributed by atoms with Crippen molar-refractivity contribution in [3.05, 3.63) is 35.4 Å². The van der Waals surface area contributed by atoms with Crippen molar-refractivity contribution in [2.75, 3.05) is 6.54 Å². The highest BCUT2D eigenvalue weighted by Crippen LogP contribution is 2.17. The van der Waals surface area contributed by atoms with Gasteiger partial charge < -0.3 is 15.3 Å². The van der Waals surface area contributed by atoms with E-state index in [2.05, 4.69) is 5.32 Å². The lowest BCUT2D eigenvalue weighted by Crippen LogP contribution is -2.44. The van der Waals surface area contributed by atoms with E-state index >= 15 is 0 Å². The monoisotopic (exact) mass is 290 g/mol. The number of nitrogens with zero attached hydrogens (tertiary/aromatic N) is 1. The van der Waals surface area contributed by atoms with Crippen LogP contribution >= 0.6 is 0 Å². The number of carbonyl (C=O) groups excluding carboxylic acids is 2. The molecule has 6 nitrogen and oxygen atoms in total. The van der Waals surface area contributed by atoms with Gasteiger partial charge in [0.2, 0.25) is 11.8 Å². The van der Waals surface area contributed by atoms with E-state index in [9.17, 15) is 14.4 Å². The predicted octanol–water partition coefficient (Wildman–Crippen LogP) is 1.01. The molecule has 0 bridgehead atoms. The average molecular weight is 290 g/mol. The number of carboxylic acids is 1. The van der Waals surface area contributed by atoms with Gasteiger partial charge in [-0.2, -0.15) is 0 Å². The van der Waals surface area contributed by atoms with Crippen molar-refractivity contribution in [1.82, 2.24) is 10.2 Å². The molecule has 0 radical (unpaired) electrons. The number of amides is 2. The van der Waals surface area contributed by atoms with Gasteiger partial charge in [0.05, 0.1) is 5.56 Å². The first-order valence-electron chi connectivity index (χ1n) is 6.86. The minimum absolute atomic E-state index is 0.0848. The van der Waals surface area contributed by atoms with Crippen LogP contribution in [0, 0.1) is 0 Å². The Hall–Kier alpha value is -2.37. The molecule has 0 spiro atoms. The van der Waals surface area contributed by atoms with Crippen LogP contribution in [-0.2, 0) is 16.1 Å². The van der Waals surface area contributed by atoms with Crippen molar-refractivity contribution in [2.45, 2.75) is 32.4 Å². The van der Waals surface area contributed by atoms with Gasteiger partial charge in [-0.3, -0.25) is 9.59 Å². The van der Waals surface area contributed by atoms with Crippen LogP contribution in [0.5, 0.6) is 0 Å². The van der Waals surface area contributed by atoms with E-state index in [0.29, 0.717) is 19.5 Å². The molecule has 1 aromatic carbocycles. The third-order valence-corrected chi connectivity index (χ3v) is 3.63. The zero-order chi connectivity index (χ0) is 15.4. The second-order valence-corrected chi connectivity index (χ2v) is 5.09. The molecule has 1 aromatic rings. The Kier molecular flexibility index (Phi) is 4.57. The minimum Gasteiger partial charge on any atom is -0.478 e. The first-order valence-corrected chi connectivity index (χ1v) is 6.86. The zero-order valence-electron chi connectivity index (χ0n) is 11.8. The van der Waals surface area contributed by atoms with Crippen LogP contribution in [0.25, 0.3) is 0 Å². The van der Waals surface area contributed by atoms with Crippen LogP contribution in [0.1, 0.15) is 35.7 Å². The van der Waals surface area contributed by atoms with E-state index in [4.69, 9.17) is 5.11 Å². The maximum absolute atomic E-state index is 12.1. The van der Waals surface area contributed by atoms with Crippen LogP contribution in [0.15, 0.2) is 24.3 Å². The molecular weight excluding hydrogens is 272 g/mol. The van der Waals surface area contributed by atoms with Gasteiger partial charge in [-0.25, -0.2) is 4.79 Å². The van der Waals surface area contributed by atoms with E-state index in [1.807, 2.05) is 0 Å². The predicted molar refractivity (Wildman–Crippen MR) is 75.7 cm³/mol. The third kappa shape index (κ3) is 3.59. The molecule has 0 unspecified atom stereocenters. The van der Waals surface area contributed by atoms with Crippen molar-refractivity contribution < 1.29 is 19.5 Å². The fourth-order valence-corrected chi connectivity index (χ4v) is 2.49. The molecule has 0 aromatic heterocycles. The number of aromatic carboxylic acids is 1. The second kappa shape index (κ2) is 6.39. The summed E-state index contributed by atoms with van der Waals surface area (Å²) in [6.45, 7) is 2.41. The highest BCUT2D eigenvalue weighted by Gasteiger charge is 2.31. The molecule has 0 saturated carbocycles. The molecule has 112 valence electrons. The van der Waals surface area contributed by atoms with Crippen molar-refractivity contribution in [2.24, 2.45) is 0 Å². The van der Waals surface area contributed by atoms with Gasteiger partial charge in [0, 0.05) is 20.0 Å². The molecule has 2 N–H and O–H groups in total. The van der Waals surface area contributed by atoms with E-state index < -0.39 is 5.97 Å². The van der Waals surface area contributed by atoms with Crippen LogP contribution < -0.4 is 5.32 Å². The summed E-state index contributed by atoms with van der Waals surface area (Å²) in [7, 11) is 0. The van der Waals surface area contributed by atoms with Gasteiger partial charge >= 0.3 is 5.97 Å². The number of carbonyl (C=O) groups is 3. The molecule has 2 rings (SSSR count). The van der Waals surface area contributed by atoms with Gasteiger partial charge in [0.25, 0.3) is 0 Å². The largest absolute Gasteiger partial charge is 0.478 e. The summed E-state index contributed by atoms with van der Waals surface area (Å²) in [5.74, 6) is -1.22. The molecule has 1 atom stereocenters. The molecule has 1 fully saturated rings. The Morgan fingerprint density at radius 1 is 1.29 bits per heavy atom. The zero-order valence-corrected chi connectivity index (χ0v) is 11.8. The summed E-state index contributed by atoms with van der Waals surface area (Å²) in [6, 6.07) is 5.95. The van der Waals surface area contributed by atoms with Gasteiger partial charge in [0.1, 0.15) is 6.04 Å². The molecule has 1 saturated heterocycles. The van der Waals surface area contributed by atoms with Crippen molar-refractivity contribution in [3.8, 4) is 0 Å². The lowest BCUT2D eigenvalue weighted by Gasteiger charge is -2.22. The molecule has 1 aliphatic rings. The SMILES string of the molecule is CC(=O)N1CCC[C@H]1C(=O)NCc1ccc(C(=O)O)cc1. The number of nitrogens with one attached hydrogen (secondary N) is 1. The molecular formula is C15H18N2O4. The average Bonchev–Trinajstić information content (AvgIpc) is 2.95. The molecule has 0 aliphatic carbocycles. The maximum atomic E-state index is 12.1. The highest BCUT2D eigenvalue weighted by molar-refractivity contribution is 5.88. The molecule has 2 amide bonds. The molecule has 1 aliphatic heterocycles. The number of likely N-dealkylation sites (tertiary alicyclic amines) is 1. The van der Waals surface area contributed by atoms with Crippen LogP contribution in [-0.4, -0.2) is 40.4 Å².